The molecule has 24 nitrogen and oxygen atoms in total. The third-order valence-corrected chi connectivity index (χ3v) is 20.9. The molecule has 0 unspecified atom stereocenters. The van der Waals surface area contributed by atoms with Gasteiger partial charge in [0.1, 0.15) is 74.1 Å². The largest absolute Gasteiger partial charge is 0.491 e. The summed E-state index contributed by atoms with van der Waals surface area (Å²) in [6.07, 6.45) is 37.5. The van der Waals surface area contributed by atoms with Gasteiger partial charge in [-0.3, -0.25) is 0 Å². The van der Waals surface area contributed by atoms with Crippen molar-refractivity contribution in [2.45, 2.75) is 196 Å². The first-order valence-electron chi connectivity index (χ1n) is 47.1. The number of esters is 6. The molecule has 132 heavy (non-hydrogen) atoms. The van der Waals surface area contributed by atoms with E-state index in [1.54, 1.807) is 109 Å². The van der Waals surface area contributed by atoms with Gasteiger partial charge in [-0.1, -0.05) is 157 Å². The average Bonchev–Trinajstić information content (AvgIpc) is 0.707. The van der Waals surface area contributed by atoms with Crippen LogP contribution in [0.3, 0.4) is 0 Å². The number of aliphatic hydroxyl groups excluding tert-OH is 6. The van der Waals surface area contributed by atoms with Crippen LogP contribution in [0.5, 0.6) is 34.5 Å². The summed E-state index contributed by atoms with van der Waals surface area (Å²) in [6, 6.07) is 31.6. The maximum Gasteiger partial charge on any atom is 0.330 e. The maximum absolute atomic E-state index is 14.1. The van der Waals surface area contributed by atoms with Gasteiger partial charge in [0.05, 0.1) is 79.3 Å². The molecule has 0 saturated heterocycles. The molecule has 0 bridgehead atoms. The number of unbranched alkanes of at least 4 members (excludes halogenated alkanes) is 18. The normalized spacial score (nSPS) is 11.5. The highest BCUT2D eigenvalue weighted by atomic mass is 16.6. The molecule has 0 aromatic heterocycles. The predicted molar refractivity (Wildman–Crippen MR) is 519 cm³/mol. The van der Waals surface area contributed by atoms with E-state index < -0.39 is 75.5 Å². The molecular weight excluding hydrogens is 1680 g/mol. The smallest absolute Gasteiger partial charge is 0.330 e. The van der Waals surface area contributed by atoms with Crippen LogP contribution in [0.25, 0.3) is 103 Å². The highest BCUT2D eigenvalue weighted by molar-refractivity contribution is 6.16. The van der Waals surface area contributed by atoms with Crippen molar-refractivity contribution < 1.29 is 116 Å². The van der Waals surface area contributed by atoms with Crippen LogP contribution in [0.4, 0.5) is 0 Å². The maximum atomic E-state index is 14.1. The average molecular weight is 1820 g/mol. The third kappa shape index (κ3) is 39.0. The first-order valence-corrected chi connectivity index (χ1v) is 47.1. The Hall–Kier alpha value is -11.6. The van der Waals surface area contributed by atoms with Crippen molar-refractivity contribution in [1.82, 2.24) is 0 Å². The van der Waals surface area contributed by atoms with Gasteiger partial charge in [0, 0.05) is 36.5 Å². The Kier molecular flexibility index (Phi) is 51.6. The number of rotatable bonds is 66. The van der Waals surface area contributed by atoms with Crippen molar-refractivity contribution >= 4 is 72.3 Å². The second kappa shape index (κ2) is 63.4. The zero-order chi connectivity index (χ0) is 94.7. The van der Waals surface area contributed by atoms with E-state index in [2.05, 4.69) is 41.5 Å². The Morgan fingerprint density at radius 3 is 0.470 bits per heavy atom. The fourth-order valence-electron chi connectivity index (χ4n) is 14.6. The predicted octanol–water partition coefficient (Wildman–Crippen LogP) is 20.7. The minimum absolute atomic E-state index is 0.148. The molecule has 7 aromatic carbocycles. The molecule has 7 aromatic rings. The zero-order valence-corrected chi connectivity index (χ0v) is 78.1. The van der Waals surface area contributed by atoms with Crippen molar-refractivity contribution in [3.63, 3.8) is 0 Å². The molecular formula is C108H138O24. The fraction of sp³-hybridized carbons (Fsp3) is 0.444. The first-order chi connectivity index (χ1) is 64.4. The van der Waals surface area contributed by atoms with E-state index in [4.69, 9.17) is 56.8 Å². The minimum atomic E-state index is -0.646. The van der Waals surface area contributed by atoms with Gasteiger partial charge in [-0.15, -0.1) is 0 Å². The van der Waals surface area contributed by atoms with E-state index in [-0.39, 0.29) is 147 Å². The number of carbonyl (C=O) groups is 6. The number of carbonyl (C=O) groups excluding carboxylic acids is 6. The second-order valence-electron chi connectivity index (χ2n) is 31.8. The van der Waals surface area contributed by atoms with E-state index in [0.29, 0.717) is 105 Å². The molecule has 0 spiro atoms. The number of hydrogen-bond acceptors (Lipinski definition) is 24. The molecule has 0 fully saturated rings. The highest BCUT2D eigenvalue weighted by Gasteiger charge is 2.33. The Bertz CT molecular complexity index is 4090. The number of hydrogen-bond donors (Lipinski definition) is 6. The lowest BCUT2D eigenvalue weighted by atomic mass is 9.73. The highest BCUT2D eigenvalue weighted by Crippen LogP contribution is 2.58. The standard InChI is InChI=1S/C108H138O24/c1-7-13-19-25-49-127-97(115)37-31-79-61-85(73-91(67-79)121-55-43-109)103-104(86-62-80(68-92(74-86)122-56-44-110)32-38-98(116)128-50-26-20-14-8-2)106(88-64-82(70-94(76-88)124-58-46-112)34-40-100(118)130-52-28-22-16-10-4)108(90-66-84(72-96(78-90)126-60-48-114)36-42-102(120)132-54-30-24-18-12-6)107(89-65-83(71-95(77-89)125-59-47-113)35-41-101(119)131-53-29-23-17-11-5)105(103)87-63-81(69-93(75-87)123-57-45-111)33-39-99(117)129-51-27-21-15-9-3/h31-42,61-78,109-114H,7-30,43-60H2,1-6H3/b37-31-,38-32-,39-33-,40-34-,41-35-,42-36+. The second-order valence-corrected chi connectivity index (χ2v) is 31.8. The van der Waals surface area contributed by atoms with Crippen molar-refractivity contribution in [1.29, 1.82) is 0 Å². The first kappa shape index (κ1) is 107. The summed E-state index contributed by atoms with van der Waals surface area (Å²) in [5.41, 5.74) is 5.78. The molecule has 0 atom stereocenters. The fourth-order valence-corrected chi connectivity index (χ4v) is 14.6. The summed E-state index contributed by atoms with van der Waals surface area (Å²) in [4.78, 5) is 84.8. The quantitative estimate of drug-likeness (QED) is 0.00892. The summed E-state index contributed by atoms with van der Waals surface area (Å²) >= 11 is 0. The van der Waals surface area contributed by atoms with E-state index in [1.807, 2.05) is 36.4 Å². The van der Waals surface area contributed by atoms with Gasteiger partial charge in [-0.05, 0) is 284 Å². The Morgan fingerprint density at radius 2 is 0.341 bits per heavy atom. The Labute approximate surface area is 779 Å². The molecule has 0 saturated carbocycles. The minimum Gasteiger partial charge on any atom is -0.491 e. The summed E-state index contributed by atoms with van der Waals surface area (Å²) in [5.74, 6) is -2.85. The van der Waals surface area contributed by atoms with Crippen molar-refractivity contribution in [2.24, 2.45) is 0 Å². The number of benzene rings is 7. The zero-order valence-electron chi connectivity index (χ0n) is 78.1. The molecule has 714 valence electrons. The van der Waals surface area contributed by atoms with E-state index >= 15 is 0 Å². The van der Waals surface area contributed by atoms with Gasteiger partial charge >= 0.3 is 35.8 Å². The van der Waals surface area contributed by atoms with E-state index in [0.717, 1.165) is 116 Å². The molecule has 0 heterocycles. The lowest BCUT2D eigenvalue weighted by molar-refractivity contribution is -0.138. The van der Waals surface area contributed by atoms with Gasteiger partial charge < -0.3 is 87.5 Å². The van der Waals surface area contributed by atoms with Crippen LogP contribution < -0.4 is 28.4 Å². The Balaban J connectivity index is 1.99. The number of aliphatic hydroxyl groups is 6. The molecule has 0 radical (unpaired) electrons. The molecule has 6 N–H and O–H groups in total. The van der Waals surface area contributed by atoms with Gasteiger partial charge in [0.25, 0.3) is 0 Å². The van der Waals surface area contributed by atoms with Crippen LogP contribution in [0, 0.1) is 0 Å². The topological polar surface area (TPSA) is 335 Å². The van der Waals surface area contributed by atoms with Crippen molar-refractivity contribution in [3.8, 4) is 101 Å². The van der Waals surface area contributed by atoms with Gasteiger partial charge in [0.2, 0.25) is 0 Å². The van der Waals surface area contributed by atoms with Crippen LogP contribution in [-0.4, -0.2) is 185 Å². The van der Waals surface area contributed by atoms with Crippen molar-refractivity contribution in [2.75, 3.05) is 119 Å². The van der Waals surface area contributed by atoms with Crippen LogP contribution >= 0.6 is 0 Å². The van der Waals surface area contributed by atoms with E-state index in [1.165, 1.54) is 36.5 Å². The van der Waals surface area contributed by atoms with Gasteiger partial charge in [-0.2, -0.15) is 0 Å². The SMILES string of the molecule is CCCCCCOC(=O)/C=C\c1cc(OCCO)cc(-c2c(-c3cc(/C=C\C(=O)OCCCCCC)cc(OCCO)c3)c(-c3cc(/C=C\C(=O)OCCCCCC)cc(OCCO)c3)c(-c3cc(/C=C/C(=O)OCCCCCC)cc(OCCO)c3)c(-c3cc(/C=C\C(=O)OCCCCCC)cc(OCCO)c3)c2-c2cc(/C=C\C(=O)OCCCCCC)cc(OCCO)c2)c1. The Morgan fingerprint density at radius 1 is 0.197 bits per heavy atom. The molecule has 0 amide bonds. The van der Waals surface area contributed by atoms with Crippen LogP contribution in [0.1, 0.15) is 229 Å². The monoisotopic (exact) mass is 1820 g/mol. The van der Waals surface area contributed by atoms with Crippen molar-refractivity contribution in [3.05, 3.63) is 179 Å². The summed E-state index contributed by atoms with van der Waals surface area (Å²) in [5, 5.41) is 64.6. The van der Waals surface area contributed by atoms with Crippen LogP contribution in [-0.2, 0) is 57.2 Å². The third-order valence-electron chi connectivity index (χ3n) is 20.9. The van der Waals surface area contributed by atoms with Gasteiger partial charge in [0.15, 0.2) is 0 Å². The number of ether oxygens (including phenoxy) is 12. The molecule has 24 heteroatoms. The van der Waals surface area contributed by atoms with Gasteiger partial charge in [-0.25, -0.2) is 28.8 Å². The summed E-state index contributed by atoms with van der Waals surface area (Å²) in [6.45, 7) is 9.28. The van der Waals surface area contributed by atoms with Crippen LogP contribution in [0.15, 0.2) is 146 Å². The molecule has 0 aliphatic heterocycles. The lowest BCUT2D eigenvalue weighted by Crippen LogP contribution is -2.07. The van der Waals surface area contributed by atoms with E-state index in [9.17, 15) is 59.4 Å². The lowest BCUT2D eigenvalue weighted by Gasteiger charge is -2.30. The molecule has 0 aliphatic carbocycles. The molecule has 0 aliphatic rings. The molecule has 7 rings (SSSR count). The summed E-state index contributed by atoms with van der Waals surface area (Å²) in [7, 11) is 0. The summed E-state index contributed by atoms with van der Waals surface area (Å²) < 4.78 is 74.4. The van der Waals surface area contributed by atoms with Crippen LogP contribution in [0.2, 0.25) is 0 Å².